The fraction of sp³-hybridized carbons (Fsp3) is 0.250. The van der Waals surface area contributed by atoms with Crippen molar-refractivity contribution in [3.8, 4) is 5.75 Å². The van der Waals surface area contributed by atoms with Gasteiger partial charge in [-0.1, -0.05) is 26.0 Å². The summed E-state index contributed by atoms with van der Waals surface area (Å²) in [4.78, 5) is 8.42. The molecule has 0 aliphatic carbocycles. The third-order valence-electron chi connectivity index (χ3n) is 2.63. The van der Waals surface area contributed by atoms with E-state index in [-0.39, 0.29) is 0 Å². The number of nitrogen functional groups attached to an aromatic ring is 1. The Kier molecular flexibility index (Phi) is 7.46. The molecule has 0 aliphatic heterocycles. The number of pyridine rings is 1. The Morgan fingerprint density at radius 1 is 1.24 bits per heavy atom. The van der Waals surface area contributed by atoms with Gasteiger partial charge in [-0.25, -0.2) is 0 Å². The summed E-state index contributed by atoms with van der Waals surface area (Å²) >= 11 is 3.34. The molecule has 0 unspecified atom stereocenters. The van der Waals surface area contributed by atoms with Crippen LogP contribution < -0.4 is 10.5 Å². The van der Waals surface area contributed by atoms with Crippen LogP contribution in [0.3, 0.4) is 0 Å². The van der Waals surface area contributed by atoms with E-state index >= 15 is 0 Å². The number of nitrogens with two attached hydrogens (primary N) is 1. The molecule has 1 heterocycles. The summed E-state index contributed by atoms with van der Waals surface area (Å²) in [6.45, 7) is 4.59. The maximum atomic E-state index is 5.91. The van der Waals surface area contributed by atoms with Crippen LogP contribution in [-0.2, 0) is 6.54 Å². The van der Waals surface area contributed by atoms with Crippen LogP contribution in [0.4, 0.5) is 5.69 Å². The van der Waals surface area contributed by atoms with E-state index in [0.717, 1.165) is 21.3 Å². The van der Waals surface area contributed by atoms with E-state index in [1.165, 1.54) is 0 Å². The van der Waals surface area contributed by atoms with Gasteiger partial charge in [0, 0.05) is 24.2 Å². The standard InChI is InChI=1S/C14H14BrN3O.C2H6/c1-19-12-4-2-10(3-5-12)6-17-7-11-8-18-9-13(15)14(11)16;1-2/h2-5,7-9H,6H2,1H3,(H2,16,18);1-2H3. The molecule has 2 aromatic rings. The predicted octanol–water partition coefficient (Wildman–Crippen LogP) is 4.08. The molecule has 4 nitrogen and oxygen atoms in total. The van der Waals surface area contributed by atoms with Crippen LogP contribution in [0.25, 0.3) is 0 Å². The molecule has 0 amide bonds. The monoisotopic (exact) mass is 349 g/mol. The maximum absolute atomic E-state index is 5.91. The van der Waals surface area contributed by atoms with Gasteiger partial charge in [0.2, 0.25) is 0 Å². The van der Waals surface area contributed by atoms with Crippen LogP contribution in [-0.4, -0.2) is 18.3 Å². The lowest BCUT2D eigenvalue weighted by Gasteiger charge is -2.02. The number of halogens is 1. The lowest BCUT2D eigenvalue weighted by atomic mass is 10.2. The van der Waals surface area contributed by atoms with Crippen molar-refractivity contribution in [1.29, 1.82) is 0 Å². The van der Waals surface area contributed by atoms with Gasteiger partial charge in [-0.3, -0.25) is 9.98 Å². The molecular weight excluding hydrogens is 330 g/mol. The highest BCUT2D eigenvalue weighted by atomic mass is 79.9. The van der Waals surface area contributed by atoms with Gasteiger partial charge >= 0.3 is 0 Å². The van der Waals surface area contributed by atoms with Gasteiger partial charge in [-0.2, -0.15) is 0 Å². The van der Waals surface area contributed by atoms with Crippen LogP contribution in [0.1, 0.15) is 25.0 Å². The zero-order chi connectivity index (χ0) is 15.7. The van der Waals surface area contributed by atoms with E-state index in [9.17, 15) is 0 Å². The van der Waals surface area contributed by atoms with E-state index in [2.05, 4.69) is 25.9 Å². The number of anilines is 1. The number of aliphatic imine (C=N–C) groups is 1. The van der Waals surface area contributed by atoms with Crippen LogP contribution in [0, 0.1) is 0 Å². The highest BCUT2D eigenvalue weighted by molar-refractivity contribution is 9.10. The van der Waals surface area contributed by atoms with E-state index < -0.39 is 0 Å². The van der Waals surface area contributed by atoms with Gasteiger partial charge in [-0.15, -0.1) is 0 Å². The Hall–Kier alpha value is -1.88. The third-order valence-corrected chi connectivity index (χ3v) is 3.27. The Balaban J connectivity index is 0.00000106. The quantitative estimate of drug-likeness (QED) is 0.846. The summed E-state index contributed by atoms with van der Waals surface area (Å²) in [6, 6.07) is 7.80. The van der Waals surface area contributed by atoms with Gasteiger partial charge in [0.1, 0.15) is 5.75 Å². The second-order valence-electron chi connectivity index (χ2n) is 3.94. The Bertz CT molecular complexity index is 583. The first-order valence-corrected chi connectivity index (χ1v) is 7.51. The van der Waals surface area contributed by atoms with Crippen molar-refractivity contribution in [2.75, 3.05) is 12.8 Å². The number of aromatic nitrogens is 1. The van der Waals surface area contributed by atoms with Gasteiger partial charge in [-0.05, 0) is 33.6 Å². The first-order chi connectivity index (χ1) is 10.2. The average molecular weight is 350 g/mol. The molecule has 0 fully saturated rings. The van der Waals surface area contributed by atoms with Crippen molar-refractivity contribution in [3.05, 3.63) is 52.3 Å². The second-order valence-corrected chi connectivity index (χ2v) is 4.80. The molecule has 0 radical (unpaired) electrons. The summed E-state index contributed by atoms with van der Waals surface area (Å²) in [5.74, 6) is 0.841. The van der Waals surface area contributed by atoms with Crippen LogP contribution in [0.5, 0.6) is 5.75 Å². The number of rotatable bonds is 4. The van der Waals surface area contributed by atoms with Gasteiger partial charge < -0.3 is 10.5 Å². The molecule has 0 atom stereocenters. The molecule has 2 rings (SSSR count). The number of benzene rings is 1. The maximum Gasteiger partial charge on any atom is 0.118 e. The fourth-order valence-electron chi connectivity index (χ4n) is 1.54. The number of methoxy groups -OCH3 is 1. The molecule has 0 spiro atoms. The smallest absolute Gasteiger partial charge is 0.118 e. The van der Waals surface area contributed by atoms with Gasteiger partial charge in [0.05, 0.1) is 23.8 Å². The number of ether oxygens (including phenoxy) is 1. The van der Waals surface area contributed by atoms with E-state index in [0.29, 0.717) is 12.2 Å². The SMILES string of the molecule is CC.COc1ccc(CN=Cc2cncc(Br)c2N)cc1. The van der Waals surface area contributed by atoms with Crippen molar-refractivity contribution in [1.82, 2.24) is 4.98 Å². The fourth-order valence-corrected chi connectivity index (χ4v) is 1.89. The van der Waals surface area contributed by atoms with Crippen molar-refractivity contribution in [2.24, 2.45) is 4.99 Å². The van der Waals surface area contributed by atoms with E-state index in [1.807, 2.05) is 38.1 Å². The summed E-state index contributed by atoms with van der Waals surface area (Å²) in [6.07, 6.45) is 5.09. The van der Waals surface area contributed by atoms with Gasteiger partial charge in [0.15, 0.2) is 0 Å². The van der Waals surface area contributed by atoms with Crippen molar-refractivity contribution >= 4 is 27.8 Å². The topological polar surface area (TPSA) is 60.5 Å². The highest BCUT2D eigenvalue weighted by Crippen LogP contribution is 2.20. The lowest BCUT2D eigenvalue weighted by molar-refractivity contribution is 0.414. The van der Waals surface area contributed by atoms with E-state index in [4.69, 9.17) is 10.5 Å². The minimum atomic E-state index is 0.593. The van der Waals surface area contributed by atoms with E-state index in [1.54, 1.807) is 25.7 Å². The van der Waals surface area contributed by atoms with Gasteiger partial charge in [0.25, 0.3) is 0 Å². The molecule has 1 aromatic carbocycles. The minimum Gasteiger partial charge on any atom is -0.497 e. The Labute approximate surface area is 134 Å². The number of hydrogen-bond acceptors (Lipinski definition) is 4. The number of nitrogens with zero attached hydrogens (tertiary/aromatic N) is 2. The van der Waals surface area contributed by atoms with Crippen LogP contribution in [0.15, 0.2) is 46.1 Å². The Morgan fingerprint density at radius 2 is 1.90 bits per heavy atom. The first kappa shape index (κ1) is 17.2. The zero-order valence-corrected chi connectivity index (χ0v) is 14.1. The average Bonchev–Trinajstić information content (AvgIpc) is 2.54. The lowest BCUT2D eigenvalue weighted by Crippen LogP contribution is -1.96. The summed E-state index contributed by atoms with van der Waals surface area (Å²) in [7, 11) is 1.65. The molecule has 0 saturated heterocycles. The number of hydrogen-bond donors (Lipinski definition) is 1. The molecule has 2 N–H and O–H groups in total. The highest BCUT2D eigenvalue weighted by Gasteiger charge is 2.00. The molecule has 0 bridgehead atoms. The van der Waals surface area contributed by atoms with Crippen molar-refractivity contribution in [2.45, 2.75) is 20.4 Å². The molecule has 1 aromatic heterocycles. The predicted molar refractivity (Wildman–Crippen MR) is 92.0 cm³/mol. The molecule has 21 heavy (non-hydrogen) atoms. The minimum absolute atomic E-state index is 0.593. The second kappa shape index (κ2) is 9.13. The summed E-state index contributed by atoms with van der Waals surface area (Å²) < 4.78 is 5.88. The summed E-state index contributed by atoms with van der Waals surface area (Å²) in [5, 5.41) is 0. The third kappa shape index (κ3) is 5.19. The van der Waals surface area contributed by atoms with Crippen LogP contribution >= 0.6 is 15.9 Å². The first-order valence-electron chi connectivity index (χ1n) is 6.72. The molecule has 5 heteroatoms. The molecule has 0 aliphatic rings. The van der Waals surface area contributed by atoms with Crippen molar-refractivity contribution < 1.29 is 4.74 Å². The Morgan fingerprint density at radius 3 is 2.52 bits per heavy atom. The molecule has 112 valence electrons. The molecular formula is C16H20BrN3O. The van der Waals surface area contributed by atoms with Crippen LogP contribution in [0.2, 0.25) is 0 Å². The molecule has 0 saturated carbocycles. The largest absolute Gasteiger partial charge is 0.497 e. The normalized spacial score (nSPS) is 10.1. The van der Waals surface area contributed by atoms with Crippen molar-refractivity contribution in [3.63, 3.8) is 0 Å². The summed E-state index contributed by atoms with van der Waals surface area (Å²) in [5.41, 5.74) is 8.47. The zero-order valence-electron chi connectivity index (χ0n) is 12.5.